The summed E-state index contributed by atoms with van der Waals surface area (Å²) in [4.78, 5) is 24.2. The van der Waals surface area contributed by atoms with E-state index >= 15 is 0 Å². The summed E-state index contributed by atoms with van der Waals surface area (Å²) >= 11 is 0. The highest BCUT2D eigenvalue weighted by atomic mass is 16.4. The van der Waals surface area contributed by atoms with Gasteiger partial charge in [0.25, 0.3) is 0 Å². The summed E-state index contributed by atoms with van der Waals surface area (Å²) in [7, 11) is 0. The maximum Gasteiger partial charge on any atom is 0.328 e. The summed E-state index contributed by atoms with van der Waals surface area (Å²) in [6.07, 6.45) is 1.94. The lowest BCUT2D eigenvalue weighted by Gasteiger charge is -2.26. The molecular weight excluding hydrogens is 224 g/mol. The first-order valence-electron chi connectivity index (χ1n) is 5.86. The predicted molar refractivity (Wildman–Crippen MR) is 61.6 cm³/mol. The van der Waals surface area contributed by atoms with Crippen molar-refractivity contribution in [3.05, 3.63) is 0 Å². The van der Waals surface area contributed by atoms with Gasteiger partial charge in [0, 0.05) is 12.6 Å². The summed E-state index contributed by atoms with van der Waals surface area (Å²) in [6, 6.07) is -1.40. The molecule has 6 nitrogen and oxygen atoms in total. The van der Waals surface area contributed by atoms with Crippen LogP contribution >= 0.6 is 0 Å². The van der Waals surface area contributed by atoms with Crippen LogP contribution in [0.3, 0.4) is 0 Å². The van der Waals surface area contributed by atoms with Crippen LogP contribution in [0, 0.1) is 5.92 Å². The van der Waals surface area contributed by atoms with Crippen molar-refractivity contribution in [3.8, 4) is 0 Å². The molecule has 1 fully saturated rings. The third-order valence-electron chi connectivity index (χ3n) is 2.59. The molecule has 1 unspecified atom stereocenters. The monoisotopic (exact) mass is 244 g/mol. The molecule has 0 aromatic rings. The second kappa shape index (κ2) is 5.86. The van der Waals surface area contributed by atoms with Crippen LogP contribution in [0.2, 0.25) is 0 Å². The summed E-state index contributed by atoms with van der Waals surface area (Å²) in [5.41, 5.74) is 0. The normalized spacial score (nSPS) is 16.7. The molecule has 2 amide bonds. The Hall–Kier alpha value is -1.30. The van der Waals surface area contributed by atoms with Gasteiger partial charge in [0.15, 0.2) is 6.04 Å². The Morgan fingerprint density at radius 3 is 2.35 bits per heavy atom. The number of nitrogens with zero attached hydrogens (tertiary/aromatic N) is 1. The molecule has 1 atom stereocenters. The van der Waals surface area contributed by atoms with Gasteiger partial charge in [0.05, 0.1) is 6.61 Å². The molecule has 0 spiro atoms. The number of aliphatic hydroxyl groups excluding tert-OH is 1. The highest BCUT2D eigenvalue weighted by Crippen LogP contribution is 2.27. The van der Waals surface area contributed by atoms with Crippen molar-refractivity contribution in [2.45, 2.75) is 38.8 Å². The number of carboxylic acids is 1. The number of amides is 2. The van der Waals surface area contributed by atoms with E-state index in [4.69, 9.17) is 10.2 Å². The van der Waals surface area contributed by atoms with Crippen molar-refractivity contribution in [2.75, 3.05) is 13.2 Å². The molecule has 6 heteroatoms. The van der Waals surface area contributed by atoms with Gasteiger partial charge in [0.2, 0.25) is 0 Å². The average Bonchev–Trinajstić information content (AvgIpc) is 3.05. The minimum atomic E-state index is -1.23. The van der Waals surface area contributed by atoms with Gasteiger partial charge in [-0.15, -0.1) is 0 Å². The van der Waals surface area contributed by atoms with E-state index in [-0.39, 0.29) is 6.04 Å². The van der Waals surface area contributed by atoms with Gasteiger partial charge in [-0.2, -0.15) is 0 Å². The molecular formula is C11H20N2O4. The van der Waals surface area contributed by atoms with Crippen LogP contribution in [0.15, 0.2) is 0 Å². The lowest BCUT2D eigenvalue weighted by Crippen LogP contribution is -2.51. The van der Waals surface area contributed by atoms with E-state index in [1.807, 2.05) is 13.8 Å². The number of aliphatic carboxylic acids is 1. The SMILES string of the molecule is CC(C)CN(C(=O)NC(CO)C(=O)O)C1CC1. The molecule has 0 saturated heterocycles. The van der Waals surface area contributed by atoms with E-state index in [0.29, 0.717) is 12.5 Å². The highest BCUT2D eigenvalue weighted by Gasteiger charge is 2.34. The molecule has 3 N–H and O–H groups in total. The zero-order valence-electron chi connectivity index (χ0n) is 10.2. The number of rotatable bonds is 6. The fourth-order valence-electron chi connectivity index (χ4n) is 1.59. The first-order chi connectivity index (χ1) is 7.95. The molecule has 1 rings (SSSR count). The Morgan fingerprint density at radius 1 is 1.41 bits per heavy atom. The van der Waals surface area contributed by atoms with Crippen LogP contribution < -0.4 is 5.32 Å². The van der Waals surface area contributed by atoms with Crippen molar-refractivity contribution < 1.29 is 19.8 Å². The van der Waals surface area contributed by atoms with E-state index in [1.54, 1.807) is 4.90 Å². The molecule has 0 radical (unpaired) electrons. The molecule has 0 bridgehead atoms. The number of carbonyl (C=O) groups is 2. The Bertz CT molecular complexity index is 289. The first-order valence-corrected chi connectivity index (χ1v) is 5.86. The van der Waals surface area contributed by atoms with Crippen LogP contribution in [-0.2, 0) is 4.79 Å². The minimum absolute atomic E-state index is 0.227. The summed E-state index contributed by atoms with van der Waals surface area (Å²) in [5.74, 6) is -0.889. The van der Waals surface area contributed by atoms with Crippen molar-refractivity contribution in [2.24, 2.45) is 5.92 Å². The van der Waals surface area contributed by atoms with Crippen molar-refractivity contribution in [3.63, 3.8) is 0 Å². The van der Waals surface area contributed by atoms with Crippen LogP contribution in [-0.4, -0.2) is 52.3 Å². The van der Waals surface area contributed by atoms with Crippen molar-refractivity contribution >= 4 is 12.0 Å². The third-order valence-corrected chi connectivity index (χ3v) is 2.59. The summed E-state index contributed by atoms with van der Waals surface area (Å²) in [5, 5.41) is 19.9. The molecule has 98 valence electrons. The molecule has 0 aliphatic heterocycles. The Kier molecular flexibility index (Phi) is 4.74. The van der Waals surface area contributed by atoms with Gasteiger partial charge in [0.1, 0.15) is 0 Å². The Balaban J connectivity index is 2.55. The predicted octanol–water partition coefficient (Wildman–Crippen LogP) is 0.262. The Labute approximate surface area is 101 Å². The fraction of sp³-hybridized carbons (Fsp3) is 0.818. The second-order valence-corrected chi connectivity index (χ2v) is 4.80. The molecule has 1 aliphatic rings. The third kappa shape index (κ3) is 4.22. The number of hydrogen-bond donors (Lipinski definition) is 3. The molecule has 17 heavy (non-hydrogen) atoms. The molecule has 1 aliphatic carbocycles. The number of urea groups is 1. The van der Waals surface area contributed by atoms with Crippen LogP contribution in [0.5, 0.6) is 0 Å². The first kappa shape index (κ1) is 13.8. The average molecular weight is 244 g/mol. The fourth-order valence-corrected chi connectivity index (χ4v) is 1.59. The lowest BCUT2D eigenvalue weighted by atomic mass is 10.2. The number of hydrogen-bond acceptors (Lipinski definition) is 3. The van der Waals surface area contributed by atoms with Gasteiger partial charge in [-0.1, -0.05) is 13.8 Å². The zero-order valence-corrected chi connectivity index (χ0v) is 10.2. The topological polar surface area (TPSA) is 89.9 Å². The standard InChI is InChI=1S/C11H20N2O4/c1-7(2)5-13(8-3-4-8)11(17)12-9(6-14)10(15)16/h7-9,14H,3-6H2,1-2H3,(H,12,17)(H,15,16). The highest BCUT2D eigenvalue weighted by molar-refractivity contribution is 5.83. The number of carboxylic acid groups (broad SMARTS) is 1. The van der Waals surface area contributed by atoms with Crippen molar-refractivity contribution in [1.29, 1.82) is 0 Å². The van der Waals surface area contributed by atoms with E-state index < -0.39 is 24.6 Å². The van der Waals surface area contributed by atoms with Gasteiger partial charge >= 0.3 is 12.0 Å². The molecule has 0 heterocycles. The number of nitrogens with one attached hydrogen (secondary N) is 1. The summed E-state index contributed by atoms with van der Waals surface area (Å²) in [6.45, 7) is 4.02. The van der Waals surface area contributed by atoms with Gasteiger partial charge in [-0.25, -0.2) is 9.59 Å². The summed E-state index contributed by atoms with van der Waals surface area (Å²) < 4.78 is 0. The molecule has 0 aromatic heterocycles. The maximum atomic E-state index is 11.9. The number of aliphatic hydroxyl groups is 1. The Morgan fingerprint density at radius 2 is 2.00 bits per heavy atom. The lowest BCUT2D eigenvalue weighted by molar-refractivity contribution is -0.140. The minimum Gasteiger partial charge on any atom is -0.480 e. The number of carbonyl (C=O) groups excluding carboxylic acids is 1. The van der Waals surface area contributed by atoms with Gasteiger partial charge < -0.3 is 20.4 Å². The van der Waals surface area contributed by atoms with Crippen LogP contribution in [0.4, 0.5) is 4.79 Å². The largest absolute Gasteiger partial charge is 0.480 e. The van der Waals surface area contributed by atoms with Gasteiger partial charge in [-0.3, -0.25) is 0 Å². The van der Waals surface area contributed by atoms with E-state index in [1.165, 1.54) is 0 Å². The zero-order chi connectivity index (χ0) is 13.0. The van der Waals surface area contributed by atoms with Crippen molar-refractivity contribution in [1.82, 2.24) is 10.2 Å². The van der Waals surface area contributed by atoms with E-state index in [2.05, 4.69) is 5.32 Å². The smallest absolute Gasteiger partial charge is 0.328 e. The van der Waals surface area contributed by atoms with E-state index in [0.717, 1.165) is 12.8 Å². The van der Waals surface area contributed by atoms with Gasteiger partial charge in [-0.05, 0) is 18.8 Å². The molecule has 0 aromatic carbocycles. The maximum absolute atomic E-state index is 11.9. The second-order valence-electron chi connectivity index (χ2n) is 4.80. The van der Waals surface area contributed by atoms with Crippen LogP contribution in [0.1, 0.15) is 26.7 Å². The van der Waals surface area contributed by atoms with E-state index in [9.17, 15) is 9.59 Å². The quantitative estimate of drug-likeness (QED) is 0.625. The molecule has 1 saturated carbocycles. The van der Waals surface area contributed by atoms with Crippen LogP contribution in [0.25, 0.3) is 0 Å².